The highest BCUT2D eigenvalue weighted by Gasteiger charge is 2.31. The number of alkyl halides is 3. The Kier molecular flexibility index (Phi) is 4.34. The molecule has 25 heavy (non-hydrogen) atoms. The summed E-state index contributed by atoms with van der Waals surface area (Å²) in [6, 6.07) is 8.70. The van der Waals surface area contributed by atoms with Crippen molar-refractivity contribution in [2.75, 3.05) is 7.11 Å². The Labute approximate surface area is 141 Å². The lowest BCUT2D eigenvalue weighted by molar-refractivity contribution is -0.274. The van der Waals surface area contributed by atoms with Gasteiger partial charge < -0.3 is 19.6 Å². The Morgan fingerprint density at radius 2 is 1.96 bits per heavy atom. The first-order valence-corrected chi connectivity index (χ1v) is 7.14. The number of H-pyrrole nitrogens is 1. The van der Waals surface area contributed by atoms with E-state index in [0.29, 0.717) is 16.8 Å². The minimum absolute atomic E-state index is 0.229. The van der Waals surface area contributed by atoms with Crippen molar-refractivity contribution in [2.45, 2.75) is 12.5 Å². The number of aromatic nitrogens is 2. The maximum atomic E-state index is 12.3. The summed E-state index contributed by atoms with van der Waals surface area (Å²) in [5.74, 6) is 0.319. The molecule has 0 aliphatic carbocycles. The number of methoxy groups -OCH3 is 1. The van der Waals surface area contributed by atoms with Gasteiger partial charge in [-0.2, -0.15) is 0 Å². The van der Waals surface area contributed by atoms with Gasteiger partial charge in [-0.1, -0.05) is 17.6 Å². The number of fused-ring (bicyclic) bond motifs is 1. The van der Waals surface area contributed by atoms with E-state index in [2.05, 4.69) is 14.7 Å². The number of imidazole rings is 1. The lowest BCUT2D eigenvalue weighted by Crippen LogP contribution is -2.22. The quantitative estimate of drug-likeness (QED) is 0.711. The van der Waals surface area contributed by atoms with Gasteiger partial charge in [-0.05, 0) is 23.8 Å². The van der Waals surface area contributed by atoms with Crippen LogP contribution >= 0.6 is 0 Å². The van der Waals surface area contributed by atoms with Crippen LogP contribution in [0.2, 0.25) is 0 Å². The van der Waals surface area contributed by atoms with Crippen molar-refractivity contribution in [3.8, 4) is 11.5 Å². The second-order valence-corrected chi connectivity index (χ2v) is 5.25. The third kappa shape index (κ3) is 3.71. The van der Waals surface area contributed by atoms with E-state index >= 15 is 0 Å². The van der Waals surface area contributed by atoms with Crippen LogP contribution in [0.25, 0.3) is 11.0 Å². The minimum Gasteiger partial charge on any atom is -0.497 e. The summed E-state index contributed by atoms with van der Waals surface area (Å²) in [6.45, 7) is 0. The van der Waals surface area contributed by atoms with Crippen molar-refractivity contribution in [2.24, 2.45) is 0 Å². The molecular formula is C16H12BF3N2O3. The van der Waals surface area contributed by atoms with Crippen LogP contribution in [0, 0.1) is 0 Å². The zero-order chi connectivity index (χ0) is 18.2. The predicted octanol–water partition coefficient (Wildman–Crippen LogP) is 2.35. The fourth-order valence-electron chi connectivity index (χ4n) is 2.38. The molecule has 0 fully saturated rings. The van der Waals surface area contributed by atoms with Crippen molar-refractivity contribution in [1.82, 2.24) is 9.97 Å². The summed E-state index contributed by atoms with van der Waals surface area (Å²) < 4.78 is 45.7. The number of rotatable bonds is 4. The summed E-state index contributed by atoms with van der Waals surface area (Å²) in [7, 11) is 7.10. The molecule has 9 heteroatoms. The summed E-state index contributed by atoms with van der Waals surface area (Å²) in [6.07, 6.45) is -6.04. The highest BCUT2D eigenvalue weighted by atomic mass is 19.4. The Morgan fingerprint density at radius 3 is 2.60 bits per heavy atom. The van der Waals surface area contributed by atoms with Gasteiger partial charge in [0.25, 0.3) is 0 Å². The average molecular weight is 348 g/mol. The second-order valence-electron chi connectivity index (χ2n) is 5.25. The van der Waals surface area contributed by atoms with Crippen LogP contribution in [0.5, 0.6) is 11.5 Å². The SMILES string of the molecule is [B]c1cc(C(O)c2nc3ccc(OC)cc3[nH]2)ccc1OC(F)(F)F. The lowest BCUT2D eigenvalue weighted by Gasteiger charge is -2.14. The number of nitrogens with zero attached hydrogens (tertiary/aromatic N) is 1. The van der Waals surface area contributed by atoms with Gasteiger partial charge in [-0.3, -0.25) is 0 Å². The van der Waals surface area contributed by atoms with Gasteiger partial charge in [0.15, 0.2) is 0 Å². The Morgan fingerprint density at radius 1 is 1.20 bits per heavy atom. The van der Waals surface area contributed by atoms with Crippen LogP contribution in [0.4, 0.5) is 13.2 Å². The number of aliphatic hydroxyl groups excluding tert-OH is 1. The molecule has 0 amide bonds. The highest BCUT2D eigenvalue weighted by Crippen LogP contribution is 2.26. The minimum atomic E-state index is -4.84. The first kappa shape index (κ1) is 17.2. The molecule has 1 aromatic heterocycles. The van der Waals surface area contributed by atoms with Gasteiger partial charge in [0, 0.05) is 6.07 Å². The van der Waals surface area contributed by atoms with E-state index in [1.54, 1.807) is 18.2 Å². The maximum Gasteiger partial charge on any atom is 0.573 e. The zero-order valence-corrected chi connectivity index (χ0v) is 13.0. The zero-order valence-electron chi connectivity index (χ0n) is 13.0. The smallest absolute Gasteiger partial charge is 0.497 e. The van der Waals surface area contributed by atoms with Crippen molar-refractivity contribution in [1.29, 1.82) is 0 Å². The Balaban J connectivity index is 1.90. The van der Waals surface area contributed by atoms with E-state index in [9.17, 15) is 18.3 Å². The monoisotopic (exact) mass is 348 g/mol. The molecule has 2 radical (unpaired) electrons. The molecule has 3 rings (SSSR count). The van der Waals surface area contributed by atoms with Crippen LogP contribution in [-0.2, 0) is 0 Å². The van der Waals surface area contributed by atoms with Crippen LogP contribution in [0.1, 0.15) is 17.5 Å². The van der Waals surface area contributed by atoms with E-state index in [4.69, 9.17) is 12.6 Å². The molecule has 2 N–H and O–H groups in total. The van der Waals surface area contributed by atoms with E-state index in [1.807, 2.05) is 0 Å². The van der Waals surface area contributed by atoms with Crippen LogP contribution in [0.3, 0.4) is 0 Å². The lowest BCUT2D eigenvalue weighted by atomic mass is 9.91. The number of benzene rings is 2. The van der Waals surface area contributed by atoms with Gasteiger partial charge >= 0.3 is 6.36 Å². The third-order valence-corrected chi connectivity index (χ3v) is 3.54. The number of ether oxygens (including phenoxy) is 2. The van der Waals surface area contributed by atoms with Crippen molar-refractivity contribution in [3.05, 3.63) is 47.8 Å². The largest absolute Gasteiger partial charge is 0.573 e. The van der Waals surface area contributed by atoms with Gasteiger partial charge in [0.2, 0.25) is 0 Å². The molecule has 1 heterocycles. The Bertz CT molecular complexity index is 911. The first-order chi connectivity index (χ1) is 11.8. The maximum absolute atomic E-state index is 12.3. The van der Waals surface area contributed by atoms with E-state index in [1.165, 1.54) is 19.2 Å². The highest BCUT2D eigenvalue weighted by molar-refractivity contribution is 6.34. The molecule has 5 nitrogen and oxygen atoms in total. The number of hydrogen-bond acceptors (Lipinski definition) is 4. The number of aliphatic hydroxyl groups is 1. The predicted molar refractivity (Wildman–Crippen MR) is 85.2 cm³/mol. The van der Waals surface area contributed by atoms with Gasteiger partial charge in [-0.15, -0.1) is 13.2 Å². The summed E-state index contributed by atoms with van der Waals surface area (Å²) in [4.78, 5) is 7.21. The molecule has 0 saturated carbocycles. The second kappa shape index (κ2) is 6.32. The fourth-order valence-corrected chi connectivity index (χ4v) is 2.38. The van der Waals surface area contributed by atoms with Crippen LogP contribution in [0.15, 0.2) is 36.4 Å². The van der Waals surface area contributed by atoms with Crippen molar-refractivity contribution < 1.29 is 27.8 Å². The summed E-state index contributed by atoms with van der Waals surface area (Å²) >= 11 is 0. The standard InChI is InChI=1S/C16H12BF3N2O3/c1-24-9-3-4-11-12(7-9)22-15(21-11)14(23)8-2-5-13(10(17)6-8)25-16(18,19)20/h2-7,14,23H,1H3,(H,21,22). The van der Waals surface area contributed by atoms with Gasteiger partial charge in [0.1, 0.15) is 31.3 Å². The van der Waals surface area contributed by atoms with Crippen LogP contribution in [-0.4, -0.2) is 36.4 Å². The molecule has 0 aliphatic heterocycles. The summed E-state index contributed by atoms with van der Waals surface area (Å²) in [5.41, 5.74) is 1.29. The Hall–Kier alpha value is -2.68. The first-order valence-electron chi connectivity index (χ1n) is 7.14. The normalized spacial score (nSPS) is 13.0. The van der Waals surface area contributed by atoms with E-state index < -0.39 is 18.2 Å². The molecule has 2 aromatic carbocycles. The molecule has 0 saturated heterocycles. The number of halogens is 3. The number of aromatic amines is 1. The molecule has 0 bridgehead atoms. The molecule has 128 valence electrons. The summed E-state index contributed by atoms with van der Waals surface area (Å²) in [5, 5.41) is 10.4. The van der Waals surface area contributed by atoms with Crippen molar-refractivity contribution >= 4 is 24.3 Å². The molecule has 0 aliphatic rings. The van der Waals surface area contributed by atoms with E-state index in [0.717, 1.165) is 6.07 Å². The molecule has 3 aromatic rings. The van der Waals surface area contributed by atoms with Crippen LogP contribution < -0.4 is 14.9 Å². The third-order valence-electron chi connectivity index (χ3n) is 3.54. The fraction of sp³-hybridized carbons (Fsp3) is 0.188. The van der Waals surface area contributed by atoms with Gasteiger partial charge in [0.05, 0.1) is 18.1 Å². The molecule has 1 atom stereocenters. The topological polar surface area (TPSA) is 67.4 Å². The van der Waals surface area contributed by atoms with Gasteiger partial charge in [-0.25, -0.2) is 4.98 Å². The number of nitrogens with one attached hydrogen (secondary N) is 1. The molecular weight excluding hydrogens is 336 g/mol. The van der Waals surface area contributed by atoms with Crippen molar-refractivity contribution in [3.63, 3.8) is 0 Å². The number of hydrogen-bond donors (Lipinski definition) is 2. The molecule has 1 unspecified atom stereocenters. The molecule has 0 spiro atoms. The average Bonchev–Trinajstić information content (AvgIpc) is 2.97. The van der Waals surface area contributed by atoms with E-state index in [-0.39, 0.29) is 16.9 Å².